The first-order valence-electron chi connectivity index (χ1n) is 6.24. The number of imidazole rings is 1. The molecular formula is C14H18N2O3S. The maximum Gasteiger partial charge on any atom is 0.328 e. The monoisotopic (exact) mass is 294 g/mol. The third kappa shape index (κ3) is 2.43. The Morgan fingerprint density at radius 2 is 1.55 bits per heavy atom. The second-order valence-corrected chi connectivity index (χ2v) is 6.99. The Bertz CT molecular complexity index is 796. The van der Waals surface area contributed by atoms with Gasteiger partial charge in [-0.3, -0.25) is 9.13 Å². The van der Waals surface area contributed by atoms with Crippen LogP contribution in [0.5, 0.6) is 0 Å². The van der Waals surface area contributed by atoms with Gasteiger partial charge in [0.2, 0.25) is 0 Å². The van der Waals surface area contributed by atoms with Crippen LogP contribution in [-0.2, 0) is 29.7 Å². The van der Waals surface area contributed by atoms with Gasteiger partial charge in [-0.15, -0.1) is 0 Å². The molecule has 0 aliphatic heterocycles. The first-order chi connectivity index (χ1) is 9.24. The summed E-state index contributed by atoms with van der Waals surface area (Å²) >= 11 is 0. The van der Waals surface area contributed by atoms with Crippen LogP contribution in [0.4, 0.5) is 0 Å². The van der Waals surface area contributed by atoms with Crippen LogP contribution in [0.2, 0.25) is 0 Å². The minimum absolute atomic E-state index is 0.172. The maximum absolute atomic E-state index is 12.4. The molecule has 6 heteroatoms. The molecular weight excluding hydrogens is 276 g/mol. The fourth-order valence-corrected chi connectivity index (χ4v) is 3.61. The molecule has 5 nitrogen and oxygen atoms in total. The predicted molar refractivity (Wildman–Crippen MR) is 77.5 cm³/mol. The summed E-state index contributed by atoms with van der Waals surface area (Å²) in [4.78, 5) is 12.1. The Kier molecular flexibility index (Phi) is 3.60. The lowest BCUT2D eigenvalue weighted by Crippen LogP contribution is -2.21. The van der Waals surface area contributed by atoms with Gasteiger partial charge in [-0.05, 0) is 26.0 Å². The SMILES string of the molecule is Cc1ccc(S(=O)(=O)Cc2c(C)n(C)c(=O)n2C)cc1. The van der Waals surface area contributed by atoms with Crippen molar-refractivity contribution in [3.63, 3.8) is 0 Å². The van der Waals surface area contributed by atoms with E-state index in [4.69, 9.17) is 0 Å². The second-order valence-electron chi connectivity index (χ2n) is 5.00. The zero-order valence-corrected chi connectivity index (χ0v) is 12.9. The predicted octanol–water partition coefficient (Wildman–Crippen LogP) is 1.31. The summed E-state index contributed by atoms with van der Waals surface area (Å²) in [6.07, 6.45) is 0. The molecule has 0 saturated heterocycles. The van der Waals surface area contributed by atoms with Crippen LogP contribution in [0.25, 0.3) is 0 Å². The van der Waals surface area contributed by atoms with Crippen LogP contribution in [0.15, 0.2) is 34.0 Å². The lowest BCUT2D eigenvalue weighted by molar-refractivity contribution is 0.593. The second kappa shape index (κ2) is 4.94. The quantitative estimate of drug-likeness (QED) is 0.857. The number of benzene rings is 1. The van der Waals surface area contributed by atoms with Gasteiger partial charge in [-0.1, -0.05) is 17.7 Å². The topological polar surface area (TPSA) is 61.1 Å². The molecule has 2 rings (SSSR count). The fraction of sp³-hybridized carbons (Fsp3) is 0.357. The summed E-state index contributed by atoms with van der Waals surface area (Å²) in [5, 5.41) is 0. The molecule has 1 aromatic carbocycles. The number of hydrogen-bond acceptors (Lipinski definition) is 3. The average molecular weight is 294 g/mol. The highest BCUT2D eigenvalue weighted by Gasteiger charge is 2.21. The summed E-state index contributed by atoms with van der Waals surface area (Å²) < 4.78 is 27.7. The van der Waals surface area contributed by atoms with Crippen LogP contribution in [0, 0.1) is 13.8 Å². The van der Waals surface area contributed by atoms with E-state index in [1.54, 1.807) is 45.3 Å². The van der Waals surface area contributed by atoms with Crippen molar-refractivity contribution in [2.24, 2.45) is 14.1 Å². The molecule has 0 fully saturated rings. The van der Waals surface area contributed by atoms with Crippen molar-refractivity contribution in [3.05, 3.63) is 51.7 Å². The number of aromatic nitrogens is 2. The Morgan fingerprint density at radius 3 is 2.00 bits per heavy atom. The van der Waals surface area contributed by atoms with E-state index in [1.807, 2.05) is 6.92 Å². The number of rotatable bonds is 3. The van der Waals surface area contributed by atoms with E-state index < -0.39 is 9.84 Å². The van der Waals surface area contributed by atoms with Crippen LogP contribution in [0.1, 0.15) is 17.0 Å². The smallest absolute Gasteiger partial charge is 0.299 e. The molecule has 0 saturated carbocycles. The van der Waals surface area contributed by atoms with Gasteiger partial charge in [0, 0.05) is 19.8 Å². The van der Waals surface area contributed by atoms with Crippen LogP contribution < -0.4 is 5.69 Å². The van der Waals surface area contributed by atoms with Gasteiger partial charge >= 0.3 is 5.69 Å². The zero-order chi connectivity index (χ0) is 15.1. The van der Waals surface area contributed by atoms with E-state index in [0.717, 1.165) is 5.56 Å². The van der Waals surface area contributed by atoms with Crippen LogP contribution in [0.3, 0.4) is 0 Å². The van der Waals surface area contributed by atoms with Crippen molar-refractivity contribution >= 4 is 9.84 Å². The number of hydrogen-bond donors (Lipinski definition) is 0. The minimum Gasteiger partial charge on any atom is -0.299 e. The Balaban J connectivity index is 2.46. The van der Waals surface area contributed by atoms with Crippen LogP contribution >= 0.6 is 0 Å². The molecule has 20 heavy (non-hydrogen) atoms. The third-order valence-electron chi connectivity index (χ3n) is 3.61. The Morgan fingerprint density at radius 1 is 1.00 bits per heavy atom. The standard InChI is InChI=1S/C14H18N2O3S/c1-10-5-7-12(8-6-10)20(18,19)9-13-11(2)15(3)14(17)16(13)4/h5-8H,9H2,1-4H3. The lowest BCUT2D eigenvalue weighted by atomic mass is 10.2. The number of nitrogens with zero attached hydrogens (tertiary/aromatic N) is 2. The molecule has 0 radical (unpaired) electrons. The van der Waals surface area contributed by atoms with Crippen molar-refractivity contribution in [1.82, 2.24) is 9.13 Å². The maximum atomic E-state index is 12.4. The molecule has 108 valence electrons. The average Bonchev–Trinajstić information content (AvgIpc) is 2.57. The Hall–Kier alpha value is -1.82. The summed E-state index contributed by atoms with van der Waals surface area (Å²) in [5.74, 6) is -0.172. The fourth-order valence-electron chi connectivity index (χ4n) is 2.13. The molecule has 0 aliphatic rings. The van der Waals surface area contributed by atoms with Crippen molar-refractivity contribution in [1.29, 1.82) is 0 Å². The highest BCUT2D eigenvalue weighted by atomic mass is 32.2. The van der Waals surface area contributed by atoms with Crippen LogP contribution in [-0.4, -0.2) is 17.6 Å². The zero-order valence-electron chi connectivity index (χ0n) is 12.0. The molecule has 0 bridgehead atoms. The highest BCUT2D eigenvalue weighted by Crippen LogP contribution is 2.18. The van der Waals surface area contributed by atoms with Gasteiger partial charge in [0.05, 0.1) is 16.3 Å². The van der Waals surface area contributed by atoms with E-state index in [2.05, 4.69) is 0 Å². The summed E-state index contributed by atoms with van der Waals surface area (Å²) in [6.45, 7) is 3.66. The summed E-state index contributed by atoms with van der Waals surface area (Å²) in [5.41, 5.74) is 2.00. The molecule has 0 atom stereocenters. The Labute approximate surface area is 118 Å². The molecule has 2 aromatic rings. The molecule has 0 amide bonds. The van der Waals surface area contributed by atoms with E-state index in [0.29, 0.717) is 11.4 Å². The molecule has 0 spiro atoms. The van der Waals surface area contributed by atoms with Crippen molar-refractivity contribution in [3.8, 4) is 0 Å². The molecule has 0 unspecified atom stereocenters. The van der Waals surface area contributed by atoms with Crippen molar-refractivity contribution in [2.75, 3.05) is 0 Å². The number of sulfone groups is 1. The third-order valence-corrected chi connectivity index (χ3v) is 5.25. The van der Waals surface area contributed by atoms with E-state index in [1.165, 1.54) is 9.13 Å². The summed E-state index contributed by atoms with van der Waals surface area (Å²) in [7, 11) is -0.220. The summed E-state index contributed by atoms with van der Waals surface area (Å²) in [6, 6.07) is 6.73. The van der Waals surface area contributed by atoms with Crippen molar-refractivity contribution in [2.45, 2.75) is 24.5 Å². The molecule has 1 heterocycles. The van der Waals surface area contributed by atoms with E-state index >= 15 is 0 Å². The lowest BCUT2D eigenvalue weighted by Gasteiger charge is -2.06. The van der Waals surface area contributed by atoms with E-state index in [-0.39, 0.29) is 16.3 Å². The molecule has 0 aliphatic carbocycles. The van der Waals surface area contributed by atoms with E-state index in [9.17, 15) is 13.2 Å². The van der Waals surface area contributed by atoms with Gasteiger partial charge in [0.1, 0.15) is 0 Å². The molecule has 0 N–H and O–H groups in total. The van der Waals surface area contributed by atoms with Crippen molar-refractivity contribution < 1.29 is 8.42 Å². The van der Waals surface area contributed by atoms with Gasteiger partial charge in [0.15, 0.2) is 9.84 Å². The normalized spacial score (nSPS) is 11.8. The highest BCUT2D eigenvalue weighted by molar-refractivity contribution is 7.90. The number of aryl methyl sites for hydroxylation is 1. The van der Waals surface area contributed by atoms with Gasteiger partial charge in [-0.2, -0.15) is 0 Å². The van der Waals surface area contributed by atoms with Gasteiger partial charge < -0.3 is 0 Å². The van der Waals surface area contributed by atoms with Gasteiger partial charge in [-0.25, -0.2) is 13.2 Å². The first kappa shape index (κ1) is 14.6. The van der Waals surface area contributed by atoms with Gasteiger partial charge in [0.25, 0.3) is 0 Å². The molecule has 1 aromatic heterocycles. The first-order valence-corrected chi connectivity index (χ1v) is 7.90. The largest absolute Gasteiger partial charge is 0.328 e. The minimum atomic E-state index is -3.45.